The van der Waals surface area contributed by atoms with Crippen LogP contribution in [0.5, 0.6) is 11.5 Å². The average Bonchev–Trinajstić information content (AvgIpc) is 3.13. The number of carbonyl (C=O) groups excluding carboxylic acids is 2. The van der Waals surface area contributed by atoms with E-state index in [1.54, 1.807) is 55.6 Å². The van der Waals surface area contributed by atoms with Gasteiger partial charge in [0.25, 0.3) is 11.7 Å². The number of nitrogens with zero attached hydrogens (tertiary/aromatic N) is 1. The molecule has 3 aromatic carbocycles. The van der Waals surface area contributed by atoms with E-state index >= 15 is 0 Å². The Balaban J connectivity index is 1.93. The van der Waals surface area contributed by atoms with E-state index in [0.29, 0.717) is 28.3 Å². The number of hydrogen-bond acceptors (Lipinski definition) is 5. The normalized spacial score (nSPS) is 17.3. The van der Waals surface area contributed by atoms with Crippen molar-refractivity contribution in [2.24, 2.45) is 0 Å². The van der Waals surface area contributed by atoms with Crippen molar-refractivity contribution in [2.45, 2.75) is 19.4 Å². The molecule has 1 unspecified atom stereocenters. The van der Waals surface area contributed by atoms with Gasteiger partial charge in [0.05, 0.1) is 31.4 Å². The predicted molar refractivity (Wildman–Crippen MR) is 127 cm³/mol. The van der Waals surface area contributed by atoms with Gasteiger partial charge in [0, 0.05) is 5.69 Å². The summed E-state index contributed by atoms with van der Waals surface area (Å²) in [5, 5.41) is 11.3. The quantitative estimate of drug-likeness (QED) is 0.333. The number of Topliss-reactive ketones (excluding diaryl/α,β-unsaturated/α-hetero) is 1. The number of rotatable bonds is 6. The van der Waals surface area contributed by atoms with E-state index in [1.807, 2.05) is 31.2 Å². The van der Waals surface area contributed by atoms with Crippen molar-refractivity contribution in [1.82, 2.24) is 0 Å². The molecule has 0 saturated carbocycles. The molecule has 0 bridgehead atoms. The molecule has 1 fully saturated rings. The maximum Gasteiger partial charge on any atom is 0.300 e. The standard InChI is InChI=1S/C27H25NO5/c1-4-17-9-13-19(14-10-17)28-24(18-11-15-20(32-2)16-12-18)23(26(30)27(28)31)25(29)21-7-5-6-8-22(21)33-3/h5-16,24,29H,4H2,1-3H3/b25-23-. The molecule has 0 aromatic heterocycles. The van der Waals surface area contributed by atoms with E-state index in [2.05, 4.69) is 0 Å². The summed E-state index contributed by atoms with van der Waals surface area (Å²) >= 11 is 0. The van der Waals surface area contributed by atoms with Gasteiger partial charge in [-0.3, -0.25) is 14.5 Å². The fraction of sp³-hybridized carbons (Fsp3) is 0.185. The van der Waals surface area contributed by atoms with Crippen LogP contribution in [0.4, 0.5) is 5.69 Å². The highest BCUT2D eigenvalue weighted by atomic mass is 16.5. The highest BCUT2D eigenvalue weighted by Gasteiger charge is 2.47. The molecular weight excluding hydrogens is 418 g/mol. The van der Waals surface area contributed by atoms with E-state index in [9.17, 15) is 14.7 Å². The minimum Gasteiger partial charge on any atom is -0.507 e. The van der Waals surface area contributed by atoms with Crippen LogP contribution in [0, 0.1) is 0 Å². The molecule has 1 saturated heterocycles. The van der Waals surface area contributed by atoms with E-state index in [1.165, 1.54) is 12.0 Å². The molecular formula is C27H25NO5. The van der Waals surface area contributed by atoms with Crippen molar-refractivity contribution in [3.05, 3.63) is 95.1 Å². The van der Waals surface area contributed by atoms with Gasteiger partial charge in [-0.05, 0) is 53.9 Å². The second-order valence-electron chi connectivity index (χ2n) is 7.66. The number of para-hydroxylation sites is 1. The number of carbonyl (C=O) groups is 2. The molecule has 1 aliphatic heterocycles. The minimum absolute atomic E-state index is 0.00855. The molecule has 0 aliphatic carbocycles. The fourth-order valence-corrected chi connectivity index (χ4v) is 4.08. The monoisotopic (exact) mass is 443 g/mol. The van der Waals surface area contributed by atoms with Gasteiger partial charge in [-0.1, -0.05) is 43.3 Å². The van der Waals surface area contributed by atoms with E-state index in [-0.39, 0.29) is 11.3 Å². The van der Waals surface area contributed by atoms with E-state index in [0.717, 1.165) is 12.0 Å². The summed E-state index contributed by atoms with van der Waals surface area (Å²) in [7, 11) is 3.05. The van der Waals surface area contributed by atoms with Gasteiger partial charge in [0.1, 0.15) is 17.3 Å². The number of ether oxygens (including phenoxy) is 2. The van der Waals surface area contributed by atoms with Crippen LogP contribution in [0.25, 0.3) is 5.76 Å². The number of hydrogen-bond donors (Lipinski definition) is 1. The Hall–Kier alpha value is -4.06. The number of amides is 1. The molecule has 1 N–H and O–H groups in total. The van der Waals surface area contributed by atoms with Gasteiger partial charge in [-0.15, -0.1) is 0 Å². The summed E-state index contributed by atoms with van der Waals surface area (Å²) in [5.41, 5.74) is 2.72. The van der Waals surface area contributed by atoms with Crippen LogP contribution >= 0.6 is 0 Å². The molecule has 3 aromatic rings. The lowest BCUT2D eigenvalue weighted by atomic mass is 9.94. The second-order valence-corrected chi connectivity index (χ2v) is 7.66. The summed E-state index contributed by atoms with van der Waals surface area (Å²) in [6.07, 6.45) is 0.856. The van der Waals surface area contributed by atoms with Crippen LogP contribution in [-0.4, -0.2) is 31.0 Å². The van der Waals surface area contributed by atoms with Crippen LogP contribution in [0.15, 0.2) is 78.4 Å². The van der Waals surface area contributed by atoms with E-state index in [4.69, 9.17) is 9.47 Å². The zero-order valence-electron chi connectivity index (χ0n) is 18.7. The molecule has 1 aliphatic rings. The zero-order chi connectivity index (χ0) is 23.5. The van der Waals surface area contributed by atoms with Gasteiger partial charge >= 0.3 is 0 Å². The largest absolute Gasteiger partial charge is 0.507 e. The van der Waals surface area contributed by atoms with Crippen molar-refractivity contribution in [1.29, 1.82) is 0 Å². The number of aliphatic hydroxyl groups excluding tert-OH is 1. The molecule has 1 atom stereocenters. The molecule has 0 radical (unpaired) electrons. The first-order valence-corrected chi connectivity index (χ1v) is 10.7. The summed E-state index contributed by atoms with van der Waals surface area (Å²) in [5.74, 6) is -0.677. The van der Waals surface area contributed by atoms with Crippen molar-refractivity contribution in [3.63, 3.8) is 0 Å². The zero-order valence-corrected chi connectivity index (χ0v) is 18.7. The van der Waals surface area contributed by atoms with Crippen LogP contribution in [0.3, 0.4) is 0 Å². The Morgan fingerprint density at radius 3 is 2.18 bits per heavy atom. The third kappa shape index (κ3) is 3.96. The van der Waals surface area contributed by atoms with Crippen molar-refractivity contribution < 1.29 is 24.2 Å². The fourth-order valence-electron chi connectivity index (χ4n) is 4.08. The summed E-state index contributed by atoms with van der Waals surface area (Å²) in [6, 6.07) is 20.7. The lowest BCUT2D eigenvalue weighted by Crippen LogP contribution is -2.29. The van der Waals surface area contributed by atoms with E-state index < -0.39 is 17.7 Å². The summed E-state index contributed by atoms with van der Waals surface area (Å²) in [4.78, 5) is 27.9. The summed E-state index contributed by atoms with van der Waals surface area (Å²) in [6.45, 7) is 2.05. The molecule has 1 amide bonds. The third-order valence-electron chi connectivity index (χ3n) is 5.86. The van der Waals surface area contributed by atoms with Crippen LogP contribution in [-0.2, 0) is 16.0 Å². The lowest BCUT2D eigenvalue weighted by Gasteiger charge is -2.26. The first kappa shape index (κ1) is 22.1. The molecule has 0 spiro atoms. The van der Waals surface area contributed by atoms with Gasteiger partial charge in [-0.2, -0.15) is 0 Å². The number of methoxy groups -OCH3 is 2. The summed E-state index contributed by atoms with van der Waals surface area (Å²) < 4.78 is 10.6. The third-order valence-corrected chi connectivity index (χ3v) is 5.86. The Morgan fingerprint density at radius 2 is 1.58 bits per heavy atom. The molecule has 1 heterocycles. The van der Waals surface area contributed by atoms with Crippen molar-refractivity contribution in [2.75, 3.05) is 19.1 Å². The molecule has 33 heavy (non-hydrogen) atoms. The molecule has 6 heteroatoms. The number of aliphatic hydroxyl groups is 1. The highest BCUT2D eigenvalue weighted by Crippen LogP contribution is 2.43. The van der Waals surface area contributed by atoms with Crippen molar-refractivity contribution >= 4 is 23.1 Å². The van der Waals surface area contributed by atoms with Crippen LogP contribution in [0.1, 0.15) is 29.7 Å². The number of aryl methyl sites for hydroxylation is 1. The predicted octanol–water partition coefficient (Wildman–Crippen LogP) is 4.89. The molecule has 4 rings (SSSR count). The van der Waals surface area contributed by atoms with Crippen molar-refractivity contribution in [3.8, 4) is 11.5 Å². The Bertz CT molecular complexity index is 1210. The van der Waals surface area contributed by atoms with Gasteiger partial charge in [0.2, 0.25) is 0 Å². The van der Waals surface area contributed by atoms with Crippen LogP contribution < -0.4 is 14.4 Å². The Kier molecular flexibility index (Phi) is 6.18. The number of ketones is 1. The van der Waals surface area contributed by atoms with Gasteiger partial charge in [-0.25, -0.2) is 0 Å². The van der Waals surface area contributed by atoms with Crippen LogP contribution in [0.2, 0.25) is 0 Å². The minimum atomic E-state index is -0.812. The first-order valence-electron chi connectivity index (χ1n) is 10.7. The Morgan fingerprint density at radius 1 is 0.909 bits per heavy atom. The SMILES string of the molecule is CCc1ccc(N2C(=O)C(=O)/C(=C(\O)c3ccccc3OC)C2c2ccc(OC)cc2)cc1. The number of anilines is 1. The van der Waals surface area contributed by atoms with Gasteiger partial charge in [0.15, 0.2) is 0 Å². The van der Waals surface area contributed by atoms with Gasteiger partial charge < -0.3 is 14.6 Å². The first-order chi connectivity index (χ1) is 16.0. The maximum atomic E-state index is 13.3. The molecule has 6 nitrogen and oxygen atoms in total. The topological polar surface area (TPSA) is 76.1 Å². The smallest absolute Gasteiger partial charge is 0.300 e. The highest BCUT2D eigenvalue weighted by molar-refractivity contribution is 6.51. The second kappa shape index (κ2) is 9.20. The number of benzene rings is 3. The lowest BCUT2D eigenvalue weighted by molar-refractivity contribution is -0.132. The Labute approximate surface area is 192 Å². The molecule has 168 valence electrons. The maximum absolute atomic E-state index is 13.3. The average molecular weight is 443 g/mol.